The van der Waals surface area contributed by atoms with Gasteiger partial charge in [0, 0.05) is 20.3 Å². The molecule has 2 bridgehead atoms. The van der Waals surface area contributed by atoms with Crippen LogP contribution in [0.25, 0.3) is 0 Å². The van der Waals surface area contributed by atoms with Crippen molar-refractivity contribution in [2.75, 3.05) is 53.7 Å². The molecular weight excluding hydrogens is 254 g/mol. The van der Waals surface area contributed by atoms with Crippen molar-refractivity contribution in [3.05, 3.63) is 0 Å². The third-order valence-electron chi connectivity index (χ3n) is 5.18. The quantitative estimate of drug-likeness (QED) is 0.590. The first kappa shape index (κ1) is 16.2. The van der Waals surface area contributed by atoms with Gasteiger partial charge in [0.15, 0.2) is 0 Å². The molecule has 0 radical (unpaired) electrons. The van der Waals surface area contributed by atoms with Crippen molar-refractivity contribution < 1.29 is 14.2 Å². The van der Waals surface area contributed by atoms with E-state index in [1.54, 1.807) is 7.11 Å². The van der Waals surface area contributed by atoms with Crippen LogP contribution in [0.4, 0.5) is 0 Å². The molecule has 0 aromatic heterocycles. The Morgan fingerprint density at radius 2 is 1.80 bits per heavy atom. The molecule has 2 aliphatic rings. The molecular formula is C16H31NO3. The smallest absolute Gasteiger partial charge is 0.0701 e. The van der Waals surface area contributed by atoms with Gasteiger partial charge in [-0.15, -0.1) is 0 Å². The summed E-state index contributed by atoms with van der Waals surface area (Å²) in [5.41, 5.74) is 0.509. The Kier molecular flexibility index (Phi) is 6.75. The van der Waals surface area contributed by atoms with Crippen LogP contribution in [-0.2, 0) is 14.2 Å². The molecule has 4 heteroatoms. The van der Waals surface area contributed by atoms with E-state index in [4.69, 9.17) is 14.2 Å². The normalized spacial score (nSPS) is 32.1. The monoisotopic (exact) mass is 285 g/mol. The molecule has 0 heterocycles. The van der Waals surface area contributed by atoms with Crippen LogP contribution in [-0.4, -0.2) is 53.7 Å². The number of ether oxygens (including phenoxy) is 3. The van der Waals surface area contributed by atoms with Gasteiger partial charge < -0.3 is 19.5 Å². The third kappa shape index (κ3) is 4.17. The van der Waals surface area contributed by atoms with Crippen LogP contribution in [0.2, 0.25) is 0 Å². The number of hydrogen-bond acceptors (Lipinski definition) is 4. The van der Waals surface area contributed by atoms with Crippen LogP contribution in [0.3, 0.4) is 0 Å². The van der Waals surface area contributed by atoms with E-state index in [0.29, 0.717) is 31.8 Å². The molecule has 4 nitrogen and oxygen atoms in total. The molecule has 0 amide bonds. The molecule has 3 atom stereocenters. The molecule has 0 spiro atoms. The molecule has 0 aromatic carbocycles. The third-order valence-corrected chi connectivity index (χ3v) is 5.18. The number of hydrogen-bond donors (Lipinski definition) is 1. The number of nitrogens with one attached hydrogen (secondary N) is 1. The van der Waals surface area contributed by atoms with E-state index >= 15 is 0 Å². The van der Waals surface area contributed by atoms with Gasteiger partial charge in [0.1, 0.15) is 0 Å². The molecule has 1 N–H and O–H groups in total. The van der Waals surface area contributed by atoms with Crippen molar-refractivity contribution in [2.24, 2.45) is 17.3 Å². The lowest BCUT2D eigenvalue weighted by Crippen LogP contribution is -2.38. The molecule has 0 saturated heterocycles. The van der Waals surface area contributed by atoms with Gasteiger partial charge in [0.25, 0.3) is 0 Å². The summed E-state index contributed by atoms with van der Waals surface area (Å²) in [6.07, 6.45) is 6.97. The molecule has 3 unspecified atom stereocenters. The van der Waals surface area contributed by atoms with Crippen LogP contribution in [0.1, 0.15) is 32.1 Å². The molecule has 2 saturated carbocycles. The van der Waals surface area contributed by atoms with E-state index in [0.717, 1.165) is 25.0 Å². The van der Waals surface area contributed by atoms with Crippen molar-refractivity contribution in [2.45, 2.75) is 32.1 Å². The van der Waals surface area contributed by atoms with Crippen molar-refractivity contribution in [3.8, 4) is 0 Å². The summed E-state index contributed by atoms with van der Waals surface area (Å²) in [5, 5.41) is 3.42. The van der Waals surface area contributed by atoms with Crippen molar-refractivity contribution in [1.82, 2.24) is 5.32 Å². The number of fused-ring (bicyclic) bond motifs is 2. The van der Waals surface area contributed by atoms with Gasteiger partial charge in [0.2, 0.25) is 0 Å². The lowest BCUT2D eigenvalue weighted by Gasteiger charge is -2.38. The van der Waals surface area contributed by atoms with E-state index in [1.807, 2.05) is 0 Å². The molecule has 0 aromatic rings. The van der Waals surface area contributed by atoms with Crippen molar-refractivity contribution >= 4 is 0 Å². The fourth-order valence-electron chi connectivity index (χ4n) is 4.26. The Labute approximate surface area is 123 Å². The van der Waals surface area contributed by atoms with Crippen LogP contribution in [0.5, 0.6) is 0 Å². The second-order valence-electron chi connectivity index (χ2n) is 6.44. The van der Waals surface area contributed by atoms with E-state index in [9.17, 15) is 0 Å². The summed E-state index contributed by atoms with van der Waals surface area (Å²) in [4.78, 5) is 0. The summed E-state index contributed by atoms with van der Waals surface area (Å²) in [6.45, 7) is 4.73. The minimum atomic E-state index is 0.509. The molecule has 2 aliphatic carbocycles. The highest BCUT2D eigenvalue weighted by Gasteiger charge is 2.49. The molecule has 20 heavy (non-hydrogen) atoms. The maximum absolute atomic E-state index is 5.76. The Hall–Kier alpha value is -0.160. The number of methoxy groups -OCH3 is 1. The SMILES string of the molecule is CNCC1(CCOCCOCCOC)CC2CCC1C2. The van der Waals surface area contributed by atoms with Crippen molar-refractivity contribution in [1.29, 1.82) is 0 Å². The zero-order valence-electron chi connectivity index (χ0n) is 13.2. The maximum Gasteiger partial charge on any atom is 0.0701 e. The average molecular weight is 285 g/mol. The van der Waals surface area contributed by atoms with Gasteiger partial charge in [-0.2, -0.15) is 0 Å². The first-order valence-electron chi connectivity index (χ1n) is 8.10. The highest BCUT2D eigenvalue weighted by molar-refractivity contribution is 5.01. The molecule has 2 rings (SSSR count). The summed E-state index contributed by atoms with van der Waals surface area (Å²) < 4.78 is 16.1. The van der Waals surface area contributed by atoms with Gasteiger partial charge >= 0.3 is 0 Å². The lowest BCUT2D eigenvalue weighted by molar-refractivity contribution is 0.0103. The summed E-state index contributed by atoms with van der Waals surface area (Å²) in [7, 11) is 3.77. The van der Waals surface area contributed by atoms with Crippen molar-refractivity contribution in [3.63, 3.8) is 0 Å². The standard InChI is InChI=1S/C16H31NO3/c1-17-13-16(12-14-3-4-15(16)11-14)5-6-19-9-10-20-8-7-18-2/h14-15,17H,3-13H2,1-2H3. The second kappa shape index (κ2) is 8.32. The predicted molar refractivity (Wildman–Crippen MR) is 79.9 cm³/mol. The Morgan fingerprint density at radius 1 is 1.05 bits per heavy atom. The Morgan fingerprint density at radius 3 is 2.40 bits per heavy atom. The predicted octanol–water partition coefficient (Wildman–Crippen LogP) is 2.08. The van der Waals surface area contributed by atoms with Gasteiger partial charge in [-0.1, -0.05) is 6.42 Å². The van der Waals surface area contributed by atoms with Gasteiger partial charge in [-0.3, -0.25) is 0 Å². The lowest BCUT2D eigenvalue weighted by atomic mass is 9.71. The summed E-state index contributed by atoms with van der Waals surface area (Å²) in [6, 6.07) is 0. The highest BCUT2D eigenvalue weighted by Crippen LogP contribution is 2.57. The second-order valence-corrected chi connectivity index (χ2v) is 6.44. The van der Waals surface area contributed by atoms with Crippen LogP contribution in [0.15, 0.2) is 0 Å². The average Bonchev–Trinajstić information content (AvgIpc) is 3.03. The van der Waals surface area contributed by atoms with Gasteiger partial charge in [-0.05, 0) is 50.0 Å². The largest absolute Gasteiger partial charge is 0.382 e. The van der Waals surface area contributed by atoms with Crippen LogP contribution < -0.4 is 5.32 Å². The zero-order valence-corrected chi connectivity index (χ0v) is 13.2. The Bertz CT molecular complexity index is 274. The number of rotatable bonds is 11. The fourth-order valence-corrected chi connectivity index (χ4v) is 4.26. The molecule has 2 fully saturated rings. The van der Waals surface area contributed by atoms with E-state index in [-0.39, 0.29) is 0 Å². The minimum Gasteiger partial charge on any atom is -0.382 e. The summed E-state index contributed by atoms with van der Waals surface area (Å²) in [5.74, 6) is 1.92. The maximum atomic E-state index is 5.76. The van der Waals surface area contributed by atoms with Crippen LogP contribution in [0, 0.1) is 17.3 Å². The zero-order chi connectivity index (χ0) is 14.3. The molecule has 0 aliphatic heterocycles. The van der Waals surface area contributed by atoms with Crippen LogP contribution >= 0.6 is 0 Å². The minimum absolute atomic E-state index is 0.509. The summed E-state index contributed by atoms with van der Waals surface area (Å²) >= 11 is 0. The fraction of sp³-hybridized carbons (Fsp3) is 1.00. The van der Waals surface area contributed by atoms with Gasteiger partial charge in [0.05, 0.1) is 26.4 Å². The van der Waals surface area contributed by atoms with Gasteiger partial charge in [-0.25, -0.2) is 0 Å². The topological polar surface area (TPSA) is 39.7 Å². The highest BCUT2D eigenvalue weighted by atomic mass is 16.5. The van der Waals surface area contributed by atoms with E-state index in [1.165, 1.54) is 32.1 Å². The first-order chi connectivity index (χ1) is 9.80. The molecule has 118 valence electrons. The van der Waals surface area contributed by atoms with E-state index < -0.39 is 0 Å². The van der Waals surface area contributed by atoms with E-state index in [2.05, 4.69) is 12.4 Å². The Balaban J connectivity index is 1.59. The first-order valence-corrected chi connectivity index (χ1v) is 8.10.